The van der Waals surface area contributed by atoms with Gasteiger partial charge in [0.15, 0.2) is 5.60 Å². The van der Waals surface area contributed by atoms with Crippen molar-refractivity contribution in [2.75, 3.05) is 46.5 Å². The van der Waals surface area contributed by atoms with Crippen molar-refractivity contribution < 1.29 is 23.8 Å². The van der Waals surface area contributed by atoms with E-state index in [0.717, 1.165) is 43.5 Å². The first kappa shape index (κ1) is 22.6. The van der Waals surface area contributed by atoms with E-state index in [-0.39, 0.29) is 30.6 Å². The number of aryl methyl sites for hydroxylation is 1. The molecule has 0 unspecified atom stereocenters. The normalized spacial score (nSPS) is 27.8. The van der Waals surface area contributed by atoms with Crippen LogP contribution in [0.15, 0.2) is 24.3 Å². The first-order valence-corrected chi connectivity index (χ1v) is 11.5. The highest BCUT2D eigenvalue weighted by Crippen LogP contribution is 2.45. The molecule has 0 aromatic heterocycles. The van der Waals surface area contributed by atoms with Gasteiger partial charge in [-0.15, -0.1) is 0 Å². The first-order chi connectivity index (χ1) is 15.5. The number of carbonyl (C=O) groups is 2. The van der Waals surface area contributed by atoms with E-state index in [1.54, 1.807) is 4.90 Å². The van der Waals surface area contributed by atoms with Gasteiger partial charge >= 0.3 is 12.1 Å². The summed E-state index contributed by atoms with van der Waals surface area (Å²) in [5.74, 6) is 6.37. The van der Waals surface area contributed by atoms with E-state index in [1.807, 2.05) is 31.2 Å². The minimum Gasteiger partial charge on any atom is -0.453 e. The molecular formula is C25H32N2O5. The van der Waals surface area contributed by atoms with Crippen LogP contribution in [0.5, 0.6) is 0 Å². The van der Waals surface area contributed by atoms with Gasteiger partial charge < -0.3 is 19.1 Å². The number of morpholine rings is 1. The molecule has 3 aliphatic rings. The fourth-order valence-corrected chi connectivity index (χ4v) is 5.24. The highest BCUT2D eigenvalue weighted by Gasteiger charge is 2.53. The fraction of sp³-hybridized carbons (Fsp3) is 0.600. The third-order valence-corrected chi connectivity index (χ3v) is 6.79. The van der Waals surface area contributed by atoms with E-state index in [4.69, 9.17) is 14.2 Å². The summed E-state index contributed by atoms with van der Waals surface area (Å²) < 4.78 is 16.6. The second-order valence-electron chi connectivity index (χ2n) is 8.89. The lowest BCUT2D eigenvalue weighted by Gasteiger charge is -2.42. The number of carbonyl (C=O) groups excluding carboxylic acids is 2. The monoisotopic (exact) mass is 440 g/mol. The number of benzene rings is 1. The molecule has 0 spiro atoms. The minimum absolute atomic E-state index is 0.0266. The predicted octanol–water partition coefficient (Wildman–Crippen LogP) is 2.60. The fourth-order valence-electron chi connectivity index (χ4n) is 5.24. The van der Waals surface area contributed by atoms with Crippen LogP contribution in [0.25, 0.3) is 0 Å². The smallest absolute Gasteiger partial charge is 0.409 e. The third-order valence-electron chi connectivity index (χ3n) is 6.79. The van der Waals surface area contributed by atoms with Gasteiger partial charge in [0.2, 0.25) is 0 Å². The van der Waals surface area contributed by atoms with E-state index >= 15 is 0 Å². The van der Waals surface area contributed by atoms with E-state index in [2.05, 4.69) is 16.7 Å². The van der Waals surface area contributed by atoms with Crippen LogP contribution in [-0.4, -0.2) is 80.0 Å². The van der Waals surface area contributed by atoms with Crippen LogP contribution >= 0.6 is 0 Å². The van der Waals surface area contributed by atoms with E-state index < -0.39 is 5.60 Å². The second kappa shape index (κ2) is 9.93. The summed E-state index contributed by atoms with van der Waals surface area (Å²) in [6, 6.07) is 7.99. The third kappa shape index (κ3) is 4.92. The van der Waals surface area contributed by atoms with Gasteiger partial charge in [-0.25, -0.2) is 4.79 Å². The summed E-state index contributed by atoms with van der Waals surface area (Å²) in [6.45, 7) is 5.56. The summed E-state index contributed by atoms with van der Waals surface area (Å²) in [6.07, 6.45) is 2.81. The summed E-state index contributed by atoms with van der Waals surface area (Å²) in [5, 5.41) is 0. The first-order valence-electron chi connectivity index (χ1n) is 11.5. The Bertz CT molecular complexity index is 901. The van der Waals surface area contributed by atoms with Crippen LogP contribution in [-0.2, 0) is 19.0 Å². The molecule has 3 atom stereocenters. The number of rotatable bonds is 3. The summed E-state index contributed by atoms with van der Waals surface area (Å²) >= 11 is 0. The topological polar surface area (TPSA) is 68.3 Å². The Hall–Kier alpha value is -2.56. The molecule has 3 fully saturated rings. The molecule has 0 N–H and O–H groups in total. The summed E-state index contributed by atoms with van der Waals surface area (Å²) in [5.41, 5.74) is 1.13. The van der Waals surface area contributed by atoms with Crippen molar-refractivity contribution in [3.63, 3.8) is 0 Å². The molecule has 2 aliphatic heterocycles. The number of likely N-dealkylation sites (tertiary alicyclic amines) is 1. The Morgan fingerprint density at radius 3 is 2.78 bits per heavy atom. The van der Waals surface area contributed by atoms with Gasteiger partial charge in [-0.05, 0) is 56.2 Å². The van der Waals surface area contributed by atoms with Gasteiger partial charge in [-0.2, -0.15) is 0 Å². The molecule has 32 heavy (non-hydrogen) atoms. The maximum absolute atomic E-state index is 13.0. The number of methoxy groups -OCH3 is 1. The molecule has 1 amide bonds. The van der Waals surface area contributed by atoms with Gasteiger partial charge in [0.25, 0.3) is 0 Å². The zero-order chi connectivity index (χ0) is 22.6. The summed E-state index contributed by atoms with van der Waals surface area (Å²) in [4.78, 5) is 29.2. The Kier molecular flexibility index (Phi) is 7.02. The molecule has 7 heteroatoms. The molecule has 7 nitrogen and oxygen atoms in total. The van der Waals surface area contributed by atoms with Gasteiger partial charge in [-0.1, -0.05) is 18.1 Å². The standard InChI is InChI=1S/C25H32N2O5/c1-19-5-3-6-20(17-19)8-11-25(32-23(28)18-26-13-15-31-16-14-26)10-4-7-22-21(25)9-12-27(22)24(29)30-2/h3,5-6,17,21-22H,4,7,9-10,12-16,18H2,1-2H3/t21-,22-,25-/m1/s1. The van der Waals surface area contributed by atoms with Gasteiger partial charge in [0.1, 0.15) is 0 Å². The zero-order valence-corrected chi connectivity index (χ0v) is 19.0. The molecule has 2 saturated heterocycles. The lowest BCUT2D eigenvalue weighted by Crippen LogP contribution is -2.53. The molecule has 4 rings (SSSR count). The number of hydrogen-bond donors (Lipinski definition) is 0. The predicted molar refractivity (Wildman–Crippen MR) is 119 cm³/mol. The van der Waals surface area contributed by atoms with E-state index in [0.29, 0.717) is 26.2 Å². The van der Waals surface area contributed by atoms with Crippen molar-refractivity contribution in [3.05, 3.63) is 35.4 Å². The van der Waals surface area contributed by atoms with E-state index in [9.17, 15) is 9.59 Å². The van der Waals surface area contributed by atoms with Crippen LogP contribution in [0.4, 0.5) is 4.79 Å². The zero-order valence-electron chi connectivity index (χ0n) is 19.0. The number of ether oxygens (including phenoxy) is 3. The highest BCUT2D eigenvalue weighted by molar-refractivity contribution is 5.73. The van der Waals surface area contributed by atoms with E-state index in [1.165, 1.54) is 7.11 Å². The van der Waals surface area contributed by atoms with Crippen LogP contribution in [0.2, 0.25) is 0 Å². The number of hydrogen-bond acceptors (Lipinski definition) is 6. The van der Waals surface area contributed by atoms with Crippen molar-refractivity contribution in [2.24, 2.45) is 5.92 Å². The van der Waals surface area contributed by atoms with Gasteiger partial charge in [0, 0.05) is 37.2 Å². The quantitative estimate of drug-likeness (QED) is 0.532. The Balaban J connectivity index is 1.60. The molecule has 0 bridgehead atoms. The SMILES string of the molecule is COC(=O)N1CC[C@@H]2[C@H]1CCC[C@]2(C#Cc1cccc(C)c1)OC(=O)CN1CCOCC1. The van der Waals surface area contributed by atoms with Crippen LogP contribution < -0.4 is 0 Å². The van der Waals surface area contributed by atoms with Crippen molar-refractivity contribution in [1.29, 1.82) is 0 Å². The lowest BCUT2D eigenvalue weighted by molar-refractivity contribution is -0.165. The average molecular weight is 441 g/mol. The minimum atomic E-state index is -0.904. The maximum Gasteiger partial charge on any atom is 0.409 e. The van der Waals surface area contributed by atoms with Crippen molar-refractivity contribution in [1.82, 2.24) is 9.80 Å². The van der Waals surface area contributed by atoms with Crippen molar-refractivity contribution in [2.45, 2.75) is 44.2 Å². The molecule has 0 radical (unpaired) electrons. The molecule has 1 aromatic rings. The van der Waals surface area contributed by atoms with Crippen LogP contribution in [0.3, 0.4) is 0 Å². The van der Waals surface area contributed by atoms with Crippen molar-refractivity contribution in [3.8, 4) is 11.8 Å². The van der Waals surface area contributed by atoms with Crippen LogP contribution in [0.1, 0.15) is 36.8 Å². The summed E-state index contributed by atoms with van der Waals surface area (Å²) in [7, 11) is 1.41. The second-order valence-corrected chi connectivity index (χ2v) is 8.89. The largest absolute Gasteiger partial charge is 0.453 e. The highest BCUT2D eigenvalue weighted by atomic mass is 16.6. The number of esters is 1. The van der Waals surface area contributed by atoms with Crippen LogP contribution in [0, 0.1) is 24.7 Å². The van der Waals surface area contributed by atoms with Gasteiger partial charge in [-0.3, -0.25) is 9.69 Å². The molecule has 2 heterocycles. The van der Waals surface area contributed by atoms with Gasteiger partial charge in [0.05, 0.1) is 26.9 Å². The Morgan fingerprint density at radius 1 is 1.22 bits per heavy atom. The average Bonchev–Trinajstić information content (AvgIpc) is 3.24. The molecule has 1 saturated carbocycles. The molecule has 1 aliphatic carbocycles. The number of amides is 1. The Morgan fingerprint density at radius 2 is 2.03 bits per heavy atom. The molecule has 172 valence electrons. The number of fused-ring (bicyclic) bond motifs is 1. The molecule has 1 aromatic carbocycles. The Labute approximate surface area is 190 Å². The lowest BCUT2D eigenvalue weighted by atomic mass is 9.72. The maximum atomic E-state index is 13.0. The molecular weight excluding hydrogens is 408 g/mol. The van der Waals surface area contributed by atoms with Crippen molar-refractivity contribution >= 4 is 12.1 Å². The number of nitrogens with zero attached hydrogens (tertiary/aromatic N) is 2.